The molecule has 5 heterocycles. The number of piperidine rings is 1. The predicted octanol–water partition coefficient (Wildman–Crippen LogP) is 8.82. The summed E-state index contributed by atoms with van der Waals surface area (Å²) in [6, 6.07) is 27.1. The zero-order valence-corrected chi connectivity index (χ0v) is 49.1. The zero-order chi connectivity index (χ0) is 58.6. The van der Waals surface area contributed by atoms with Crippen molar-refractivity contribution < 1.29 is 33.5 Å². The molecule has 3 fully saturated rings. The molecule has 18 nitrogen and oxygen atoms in total. The summed E-state index contributed by atoms with van der Waals surface area (Å²) in [7, 11) is 0. The standard InChI is InChI=1S/C62H74ClFN12O6S/c1-40-55(83-39-67-40)44-15-11-43(12-16-44)36-65-59(81)52-35-48(77)38-76(52)60(82)56(62(2,3)4)71-53(78)25-29-74-27-23-41(24-28-74)8-7-26-73-30-32-75(33-31-73)54(79)34-42-13-19-47(20-14-42)69-61-66-37-50(64)57(72-61)68-46-21-17-45(18-22-46)58(80)70-51-10-6-5-9-49(51)63/h5-6,9-22,37,39,41,48,52,56,77H,7-8,23-36,38H2,1-4H3,(H,65,81)(H,70,80)(H,71,78)(H2,66,68,69,72)/t48-,52+,56-/m1/s1. The van der Waals surface area contributed by atoms with Gasteiger partial charge < -0.3 is 46.4 Å². The first-order valence-electron chi connectivity index (χ1n) is 28.5. The Kier molecular flexibility index (Phi) is 20.2. The van der Waals surface area contributed by atoms with Crippen LogP contribution in [0.1, 0.15) is 86.5 Å². The van der Waals surface area contributed by atoms with Crippen LogP contribution in [0.3, 0.4) is 0 Å². The molecule has 0 saturated carbocycles. The Morgan fingerprint density at radius 3 is 2.18 bits per heavy atom. The highest BCUT2D eigenvalue weighted by Gasteiger charge is 2.44. The Morgan fingerprint density at radius 1 is 0.819 bits per heavy atom. The van der Waals surface area contributed by atoms with Gasteiger partial charge in [-0.25, -0.2) is 14.4 Å². The van der Waals surface area contributed by atoms with Crippen LogP contribution in [0.25, 0.3) is 10.4 Å². The lowest BCUT2D eigenvalue weighted by Gasteiger charge is -2.36. The Bertz CT molecular complexity index is 3200. The number of aromatic nitrogens is 3. The van der Waals surface area contributed by atoms with E-state index in [9.17, 15) is 33.5 Å². The fourth-order valence-corrected chi connectivity index (χ4v) is 11.8. The lowest BCUT2D eigenvalue weighted by Crippen LogP contribution is -2.58. The molecule has 0 aliphatic carbocycles. The van der Waals surface area contributed by atoms with Gasteiger partial charge in [-0.3, -0.25) is 28.9 Å². The minimum atomic E-state index is -0.876. The Labute approximate surface area is 493 Å². The number of carbonyl (C=O) groups is 5. The maximum atomic E-state index is 14.8. The number of anilines is 5. The number of likely N-dealkylation sites (tertiary alicyclic amines) is 2. The number of rotatable bonds is 21. The summed E-state index contributed by atoms with van der Waals surface area (Å²) in [5, 5.41) is 25.9. The van der Waals surface area contributed by atoms with Crippen molar-refractivity contribution in [1.82, 2.24) is 45.2 Å². The molecule has 5 amide bonds. The molecule has 6 aromatic rings. The fraction of sp³-hybridized carbons (Fsp3) is 0.419. The third kappa shape index (κ3) is 16.5. The lowest BCUT2D eigenvalue weighted by molar-refractivity contribution is -0.144. The molecule has 3 saturated heterocycles. The van der Waals surface area contributed by atoms with Crippen molar-refractivity contribution >= 4 is 81.3 Å². The number of thiazole rings is 1. The third-order valence-corrected chi connectivity index (χ3v) is 17.0. The maximum absolute atomic E-state index is 14.8. The van der Waals surface area contributed by atoms with E-state index >= 15 is 0 Å². The molecule has 4 aromatic carbocycles. The number of halogens is 2. The van der Waals surface area contributed by atoms with Gasteiger partial charge in [-0.15, -0.1) is 11.3 Å². The van der Waals surface area contributed by atoms with Crippen molar-refractivity contribution in [2.45, 2.75) is 97.4 Å². The number of aliphatic hydroxyl groups is 1. The van der Waals surface area contributed by atoms with E-state index in [1.165, 1.54) is 4.90 Å². The Morgan fingerprint density at radius 2 is 1.49 bits per heavy atom. The number of benzene rings is 4. The van der Waals surface area contributed by atoms with Gasteiger partial charge in [0.05, 0.1) is 45.5 Å². The van der Waals surface area contributed by atoms with Gasteiger partial charge in [-0.05, 0) is 129 Å². The van der Waals surface area contributed by atoms with Gasteiger partial charge in [-0.2, -0.15) is 4.98 Å². The number of amides is 5. The molecular weight excluding hydrogens is 1100 g/mol. The third-order valence-electron chi connectivity index (χ3n) is 15.7. The van der Waals surface area contributed by atoms with Crippen LogP contribution in [0.15, 0.2) is 109 Å². The fourth-order valence-electron chi connectivity index (χ4n) is 10.8. The highest BCUT2D eigenvalue weighted by atomic mass is 35.5. The Balaban J connectivity index is 0.640. The van der Waals surface area contributed by atoms with Gasteiger partial charge >= 0.3 is 0 Å². The van der Waals surface area contributed by atoms with E-state index in [2.05, 4.69) is 51.3 Å². The molecule has 2 aromatic heterocycles. The molecule has 21 heteroatoms. The average molecular weight is 1170 g/mol. The topological polar surface area (TPSA) is 217 Å². The van der Waals surface area contributed by atoms with E-state index in [0.717, 1.165) is 91.9 Å². The summed E-state index contributed by atoms with van der Waals surface area (Å²) in [6.45, 7) is 14.4. The normalized spacial score (nSPS) is 17.4. The number of hydrogen-bond acceptors (Lipinski definition) is 14. The van der Waals surface area contributed by atoms with Crippen molar-refractivity contribution in [3.05, 3.63) is 142 Å². The second kappa shape index (κ2) is 27.8. The molecule has 0 spiro atoms. The molecule has 3 atom stereocenters. The van der Waals surface area contributed by atoms with E-state index < -0.39 is 29.4 Å². The monoisotopic (exact) mass is 1170 g/mol. The second-order valence-electron chi connectivity index (χ2n) is 22.9. The largest absolute Gasteiger partial charge is 0.391 e. The van der Waals surface area contributed by atoms with E-state index in [1.54, 1.807) is 59.9 Å². The van der Waals surface area contributed by atoms with Gasteiger partial charge in [0.15, 0.2) is 11.6 Å². The highest BCUT2D eigenvalue weighted by molar-refractivity contribution is 7.13. The molecule has 3 aliphatic rings. The highest BCUT2D eigenvalue weighted by Crippen LogP contribution is 2.30. The minimum Gasteiger partial charge on any atom is -0.391 e. The molecule has 438 valence electrons. The van der Waals surface area contributed by atoms with E-state index in [0.29, 0.717) is 53.2 Å². The van der Waals surface area contributed by atoms with Gasteiger partial charge in [0.25, 0.3) is 5.91 Å². The number of nitrogens with zero attached hydrogens (tertiary/aromatic N) is 7. The average Bonchev–Trinajstić information content (AvgIpc) is 4.33. The zero-order valence-electron chi connectivity index (χ0n) is 47.5. The smallest absolute Gasteiger partial charge is 0.255 e. The number of piperazine rings is 1. The van der Waals surface area contributed by atoms with Crippen molar-refractivity contribution in [1.29, 1.82) is 0 Å². The van der Waals surface area contributed by atoms with Crippen LogP contribution in [0.2, 0.25) is 5.02 Å². The lowest BCUT2D eigenvalue weighted by atomic mass is 9.85. The number of β-amino-alcohol motifs (C(OH)–C–C–N with tert-alkyl or cyclic N) is 1. The van der Waals surface area contributed by atoms with Gasteiger partial charge in [0, 0.05) is 75.6 Å². The number of aliphatic hydroxyl groups excluding tert-OH is 1. The summed E-state index contributed by atoms with van der Waals surface area (Å²) in [4.78, 5) is 89.3. The van der Waals surface area contributed by atoms with E-state index in [1.807, 2.05) is 86.6 Å². The van der Waals surface area contributed by atoms with Crippen LogP contribution in [0.4, 0.5) is 33.2 Å². The van der Waals surface area contributed by atoms with Crippen LogP contribution < -0.4 is 26.6 Å². The van der Waals surface area contributed by atoms with Crippen molar-refractivity contribution in [2.24, 2.45) is 11.3 Å². The summed E-state index contributed by atoms with van der Waals surface area (Å²) in [6.07, 6.45) is 5.23. The molecule has 3 aliphatic heterocycles. The summed E-state index contributed by atoms with van der Waals surface area (Å²) < 4.78 is 14.8. The molecule has 9 rings (SSSR count). The predicted molar refractivity (Wildman–Crippen MR) is 322 cm³/mol. The molecular formula is C62H74ClFN12O6S. The first-order chi connectivity index (χ1) is 39.9. The van der Waals surface area contributed by atoms with Gasteiger partial charge in [0.2, 0.25) is 29.6 Å². The van der Waals surface area contributed by atoms with Gasteiger partial charge in [0.1, 0.15) is 12.1 Å². The number of hydrogen-bond donors (Lipinski definition) is 6. The maximum Gasteiger partial charge on any atom is 0.255 e. The van der Waals surface area contributed by atoms with Crippen LogP contribution in [-0.2, 0) is 32.1 Å². The molecule has 0 radical (unpaired) electrons. The number of aryl methyl sites for hydroxylation is 1. The van der Waals surface area contributed by atoms with Crippen LogP contribution in [0, 0.1) is 24.1 Å². The van der Waals surface area contributed by atoms with Gasteiger partial charge in [-0.1, -0.05) is 80.9 Å². The molecule has 0 bridgehead atoms. The summed E-state index contributed by atoms with van der Waals surface area (Å²) >= 11 is 7.76. The van der Waals surface area contributed by atoms with Crippen molar-refractivity contribution in [3.63, 3.8) is 0 Å². The molecule has 6 N–H and O–H groups in total. The van der Waals surface area contributed by atoms with Crippen molar-refractivity contribution in [3.8, 4) is 10.4 Å². The first kappa shape index (κ1) is 60.2. The van der Waals surface area contributed by atoms with E-state index in [-0.39, 0.29) is 73.7 Å². The van der Waals surface area contributed by atoms with Crippen molar-refractivity contribution in [2.75, 3.05) is 74.9 Å². The summed E-state index contributed by atoms with van der Waals surface area (Å²) in [5.41, 5.74) is 7.08. The number of carbonyl (C=O) groups excluding carboxylic acids is 5. The quantitative estimate of drug-likeness (QED) is 0.0398. The molecule has 83 heavy (non-hydrogen) atoms. The Hall–Kier alpha value is -7.36. The van der Waals surface area contributed by atoms with Crippen LogP contribution in [-0.4, -0.2) is 146 Å². The summed E-state index contributed by atoms with van der Waals surface area (Å²) in [5.74, 6) is -1.09. The number of para-hydroxylation sites is 1. The SMILES string of the molecule is Cc1ncsc1-c1ccc(CNC(=O)[C@@H]2C[C@@H](O)CN2C(=O)[C@@H](NC(=O)CCN2CCC(CCCN3CCN(C(=O)Cc4ccc(Nc5ncc(F)c(Nc6ccc(C(=O)Nc7ccccc7Cl)cc6)n5)cc4)CC3)CC2)C(C)(C)C)cc1. The molecule has 0 unspecified atom stereocenters. The van der Waals surface area contributed by atoms with Crippen LogP contribution >= 0.6 is 22.9 Å². The second-order valence-corrected chi connectivity index (χ2v) is 24.1. The van der Waals surface area contributed by atoms with Crippen LogP contribution in [0.5, 0.6) is 0 Å². The minimum absolute atomic E-state index is 0.0212. The first-order valence-corrected chi connectivity index (χ1v) is 29.8. The number of nitrogens with one attached hydrogen (secondary N) is 5. The van der Waals surface area contributed by atoms with E-state index in [4.69, 9.17) is 11.6 Å².